The van der Waals surface area contributed by atoms with E-state index in [1.54, 1.807) is 12.1 Å². The number of hydrogen-bond donors (Lipinski definition) is 2. The van der Waals surface area contributed by atoms with Gasteiger partial charge in [0.1, 0.15) is 0 Å². The van der Waals surface area contributed by atoms with Crippen molar-refractivity contribution in [3.63, 3.8) is 0 Å². The highest BCUT2D eigenvalue weighted by molar-refractivity contribution is 7.15. The second-order valence-electron chi connectivity index (χ2n) is 5.19. The smallest absolute Gasteiger partial charge is 0.286 e. The van der Waals surface area contributed by atoms with Crippen LogP contribution < -0.4 is 10.6 Å². The maximum atomic E-state index is 12.1. The second-order valence-corrected chi connectivity index (χ2v) is 6.16. The number of carbonyl (C=O) groups is 2. The normalized spacial score (nSPS) is 14.7. The monoisotopic (exact) mass is 316 g/mol. The predicted octanol–water partition coefficient (Wildman–Crippen LogP) is 2.46. The molecule has 1 aliphatic rings. The maximum absolute atomic E-state index is 12.1. The molecule has 1 saturated carbocycles. The molecule has 0 aliphatic heterocycles. The molecule has 1 aliphatic carbocycles. The Hall–Kier alpha value is -2.28. The summed E-state index contributed by atoms with van der Waals surface area (Å²) in [6.07, 6.45) is 4.30. The van der Waals surface area contributed by atoms with Gasteiger partial charge in [-0.2, -0.15) is 0 Å². The number of aromatic nitrogens is 2. The van der Waals surface area contributed by atoms with Gasteiger partial charge in [0.15, 0.2) is 0 Å². The summed E-state index contributed by atoms with van der Waals surface area (Å²) < 4.78 is 0. The van der Waals surface area contributed by atoms with E-state index in [1.807, 2.05) is 18.2 Å². The molecule has 1 fully saturated rings. The van der Waals surface area contributed by atoms with Crippen molar-refractivity contribution in [3.05, 3.63) is 40.3 Å². The van der Waals surface area contributed by atoms with Gasteiger partial charge in [0, 0.05) is 11.7 Å². The van der Waals surface area contributed by atoms with Crippen LogP contribution in [0.2, 0.25) is 0 Å². The van der Waals surface area contributed by atoms with E-state index in [9.17, 15) is 9.59 Å². The van der Waals surface area contributed by atoms with Crippen molar-refractivity contribution in [3.8, 4) is 0 Å². The van der Waals surface area contributed by atoms with Gasteiger partial charge in [0.05, 0.1) is 0 Å². The van der Waals surface area contributed by atoms with Crippen LogP contribution in [0.5, 0.6) is 0 Å². The third-order valence-corrected chi connectivity index (χ3v) is 4.46. The van der Waals surface area contributed by atoms with Gasteiger partial charge in [0.2, 0.25) is 10.0 Å². The van der Waals surface area contributed by atoms with Gasteiger partial charge < -0.3 is 10.6 Å². The first-order chi connectivity index (χ1) is 10.7. The maximum Gasteiger partial charge on any atom is 0.286 e. The lowest BCUT2D eigenvalue weighted by atomic mass is 10.2. The van der Waals surface area contributed by atoms with Crippen LogP contribution in [0.1, 0.15) is 45.3 Å². The Kier molecular flexibility index (Phi) is 4.43. The second kappa shape index (κ2) is 6.65. The molecule has 2 N–H and O–H groups in total. The fourth-order valence-electron chi connectivity index (χ4n) is 2.43. The van der Waals surface area contributed by atoms with Gasteiger partial charge in [-0.25, -0.2) is 0 Å². The average Bonchev–Trinajstić information content (AvgIpc) is 3.19. The van der Waals surface area contributed by atoms with Crippen LogP contribution in [0, 0.1) is 0 Å². The van der Waals surface area contributed by atoms with E-state index >= 15 is 0 Å². The van der Waals surface area contributed by atoms with E-state index in [0.29, 0.717) is 5.69 Å². The first-order valence-corrected chi connectivity index (χ1v) is 8.05. The highest BCUT2D eigenvalue weighted by Crippen LogP contribution is 2.19. The summed E-state index contributed by atoms with van der Waals surface area (Å²) in [4.78, 5) is 24.1. The largest absolute Gasteiger partial charge is 0.347 e. The standard InChI is InChI=1S/C15H16N4O2S/c20-12(16-10-6-2-1-3-7-10)14-18-19-15(22-14)13(21)17-11-8-4-5-9-11/h1-3,6-7,11H,4-5,8-9H2,(H,16,20)(H,17,21). The van der Waals surface area contributed by atoms with Crippen LogP contribution >= 0.6 is 11.3 Å². The summed E-state index contributed by atoms with van der Waals surface area (Å²) in [5.41, 5.74) is 0.680. The van der Waals surface area contributed by atoms with Crippen LogP contribution in [-0.2, 0) is 0 Å². The number of nitrogens with one attached hydrogen (secondary N) is 2. The molecular weight excluding hydrogens is 300 g/mol. The Bertz CT molecular complexity index is 665. The molecule has 0 atom stereocenters. The highest BCUT2D eigenvalue weighted by Gasteiger charge is 2.22. The molecule has 0 bridgehead atoms. The summed E-state index contributed by atoms with van der Waals surface area (Å²) in [5, 5.41) is 13.7. The van der Waals surface area contributed by atoms with Gasteiger partial charge >= 0.3 is 0 Å². The van der Waals surface area contributed by atoms with Gasteiger partial charge in [-0.3, -0.25) is 9.59 Å². The number of anilines is 1. The van der Waals surface area contributed by atoms with E-state index in [0.717, 1.165) is 37.0 Å². The van der Waals surface area contributed by atoms with E-state index in [1.165, 1.54) is 0 Å². The van der Waals surface area contributed by atoms with Crippen molar-refractivity contribution < 1.29 is 9.59 Å². The lowest BCUT2D eigenvalue weighted by Crippen LogP contribution is -2.32. The Morgan fingerprint density at radius 3 is 2.32 bits per heavy atom. The first kappa shape index (κ1) is 14.6. The number of rotatable bonds is 4. The summed E-state index contributed by atoms with van der Waals surface area (Å²) in [6.45, 7) is 0. The lowest BCUT2D eigenvalue weighted by Gasteiger charge is -2.09. The zero-order valence-corrected chi connectivity index (χ0v) is 12.7. The third-order valence-electron chi connectivity index (χ3n) is 3.54. The van der Waals surface area contributed by atoms with Gasteiger partial charge in [-0.05, 0) is 25.0 Å². The molecule has 0 unspecified atom stereocenters. The van der Waals surface area contributed by atoms with Crippen molar-refractivity contribution in [1.82, 2.24) is 15.5 Å². The molecule has 0 radical (unpaired) electrons. The van der Waals surface area contributed by atoms with Crippen LogP contribution in [-0.4, -0.2) is 28.1 Å². The number of amides is 2. The lowest BCUT2D eigenvalue weighted by molar-refractivity contribution is 0.0935. The summed E-state index contributed by atoms with van der Waals surface area (Å²) in [7, 11) is 0. The molecule has 0 spiro atoms. The Labute approximate surface area is 132 Å². The Balaban J connectivity index is 1.62. The van der Waals surface area contributed by atoms with E-state index < -0.39 is 0 Å². The number of carbonyl (C=O) groups excluding carboxylic acids is 2. The molecule has 2 aromatic rings. The number of hydrogen-bond acceptors (Lipinski definition) is 5. The van der Waals surface area contributed by atoms with Crippen molar-refractivity contribution >= 4 is 28.8 Å². The van der Waals surface area contributed by atoms with Crippen LogP contribution in [0.4, 0.5) is 5.69 Å². The fourth-order valence-corrected chi connectivity index (χ4v) is 3.07. The minimum absolute atomic E-state index is 0.181. The van der Waals surface area contributed by atoms with Gasteiger partial charge in [-0.1, -0.05) is 42.4 Å². The topological polar surface area (TPSA) is 84.0 Å². The molecule has 2 amide bonds. The van der Waals surface area contributed by atoms with Crippen molar-refractivity contribution in [2.45, 2.75) is 31.7 Å². The molecular formula is C15H16N4O2S. The molecule has 0 saturated heterocycles. The zero-order chi connectivity index (χ0) is 15.4. The van der Waals surface area contributed by atoms with Crippen LogP contribution in [0.15, 0.2) is 30.3 Å². The summed E-state index contributed by atoms with van der Waals surface area (Å²) in [6, 6.07) is 9.32. The zero-order valence-electron chi connectivity index (χ0n) is 11.9. The van der Waals surface area contributed by atoms with Gasteiger partial charge in [0.25, 0.3) is 11.8 Å². The Morgan fingerprint density at radius 1 is 1.00 bits per heavy atom. The molecule has 1 heterocycles. The van der Waals surface area contributed by atoms with E-state index in [4.69, 9.17) is 0 Å². The first-order valence-electron chi connectivity index (χ1n) is 7.23. The number of nitrogens with zero attached hydrogens (tertiary/aromatic N) is 2. The van der Waals surface area contributed by atoms with E-state index in [2.05, 4.69) is 20.8 Å². The van der Waals surface area contributed by atoms with Crippen LogP contribution in [0.3, 0.4) is 0 Å². The summed E-state index contributed by atoms with van der Waals surface area (Å²) >= 11 is 1.01. The van der Waals surface area contributed by atoms with Gasteiger partial charge in [-0.15, -0.1) is 10.2 Å². The van der Waals surface area contributed by atoms with Crippen molar-refractivity contribution in [2.75, 3.05) is 5.32 Å². The molecule has 1 aromatic heterocycles. The average molecular weight is 316 g/mol. The predicted molar refractivity (Wildman–Crippen MR) is 84.0 cm³/mol. The fraction of sp³-hybridized carbons (Fsp3) is 0.333. The van der Waals surface area contributed by atoms with Crippen LogP contribution in [0.25, 0.3) is 0 Å². The Morgan fingerprint density at radius 2 is 1.64 bits per heavy atom. The SMILES string of the molecule is O=C(Nc1ccccc1)c1nnc(C(=O)NC2CCCC2)s1. The number of para-hydroxylation sites is 1. The molecule has 3 rings (SSSR count). The van der Waals surface area contributed by atoms with E-state index in [-0.39, 0.29) is 27.9 Å². The quantitative estimate of drug-likeness (QED) is 0.907. The molecule has 6 nitrogen and oxygen atoms in total. The molecule has 114 valence electrons. The van der Waals surface area contributed by atoms with Crippen molar-refractivity contribution in [1.29, 1.82) is 0 Å². The van der Waals surface area contributed by atoms with Crippen molar-refractivity contribution in [2.24, 2.45) is 0 Å². The highest BCUT2D eigenvalue weighted by atomic mass is 32.1. The molecule has 7 heteroatoms. The number of benzene rings is 1. The molecule has 22 heavy (non-hydrogen) atoms. The third kappa shape index (κ3) is 3.48. The minimum Gasteiger partial charge on any atom is -0.347 e. The molecule has 1 aromatic carbocycles. The minimum atomic E-state index is -0.358. The summed E-state index contributed by atoms with van der Waals surface area (Å²) in [5.74, 6) is -0.605.